The van der Waals surface area contributed by atoms with Gasteiger partial charge in [-0.05, 0) is 0 Å². The predicted octanol–water partition coefficient (Wildman–Crippen LogP) is -0.794. The highest BCUT2D eigenvalue weighted by Gasteiger charge is 2.01. The van der Waals surface area contributed by atoms with E-state index in [4.69, 9.17) is 53.1 Å². The van der Waals surface area contributed by atoms with Gasteiger partial charge in [0, 0.05) is 25.9 Å². The highest BCUT2D eigenvalue weighted by Crippen LogP contribution is 1.88. The minimum absolute atomic E-state index is 0.0890. The monoisotopic (exact) mass is 584 g/mol. The first kappa shape index (κ1) is 38.7. The van der Waals surface area contributed by atoms with Gasteiger partial charge in [-0.25, -0.2) is 0 Å². The maximum absolute atomic E-state index is 11.8. The summed E-state index contributed by atoms with van der Waals surface area (Å²) < 4.78 is 53.5. The summed E-state index contributed by atoms with van der Waals surface area (Å²) in [5, 5.41) is 2.78. The van der Waals surface area contributed by atoms with Crippen molar-refractivity contribution in [1.82, 2.24) is 5.32 Å². The minimum Gasteiger partial charge on any atom is -0.379 e. The molecule has 0 aliphatic heterocycles. The van der Waals surface area contributed by atoms with Gasteiger partial charge in [0.25, 0.3) is 0 Å². The Hall–Kier alpha value is -1.30. The van der Waals surface area contributed by atoms with Crippen molar-refractivity contribution in [3.8, 4) is 0 Å². The number of rotatable bonds is 35. The topological polar surface area (TPSA) is 164 Å². The summed E-state index contributed by atoms with van der Waals surface area (Å²) >= 11 is 0. The molecule has 14 heteroatoms. The van der Waals surface area contributed by atoms with Crippen LogP contribution in [-0.2, 0) is 57.0 Å². The van der Waals surface area contributed by atoms with E-state index >= 15 is 0 Å². The van der Waals surface area contributed by atoms with Crippen molar-refractivity contribution < 1.29 is 57.0 Å². The highest BCUT2D eigenvalue weighted by atomic mass is 16.6. The molecule has 40 heavy (non-hydrogen) atoms. The standard InChI is InChI=1S/C26H52N2O12/c27-3-8-33-12-16-37-20-24-40-23-19-36-15-11-32-7-2-26(30)28-4-9-34-13-17-38-21-25-39-22-18-35-14-10-31-6-1-5-29/h5H,1-4,6-25,27H2,(H,28,30). The summed E-state index contributed by atoms with van der Waals surface area (Å²) in [6.45, 7) is 10.3. The van der Waals surface area contributed by atoms with E-state index in [0.717, 1.165) is 6.29 Å². The third kappa shape index (κ3) is 34.7. The van der Waals surface area contributed by atoms with Crippen LogP contribution in [0, 0.1) is 0 Å². The fraction of sp³-hybridized carbons (Fsp3) is 0.923. The molecule has 0 atom stereocenters. The van der Waals surface area contributed by atoms with Crippen LogP contribution in [0.1, 0.15) is 12.8 Å². The number of amides is 1. The van der Waals surface area contributed by atoms with E-state index in [1.54, 1.807) is 0 Å². The number of carbonyl (C=O) groups excluding carboxylic acids is 2. The van der Waals surface area contributed by atoms with E-state index in [2.05, 4.69) is 5.32 Å². The maximum Gasteiger partial charge on any atom is 0.222 e. The zero-order valence-electron chi connectivity index (χ0n) is 24.0. The number of ether oxygens (including phenoxy) is 10. The van der Waals surface area contributed by atoms with Gasteiger partial charge in [-0.1, -0.05) is 0 Å². The Morgan fingerprint density at radius 3 is 1.18 bits per heavy atom. The number of aldehydes is 1. The molecule has 238 valence electrons. The third-order valence-corrected chi connectivity index (χ3v) is 4.66. The molecule has 0 aromatic rings. The molecule has 0 saturated heterocycles. The number of nitrogens with one attached hydrogen (secondary N) is 1. The Balaban J connectivity index is 3.14. The average molecular weight is 585 g/mol. The van der Waals surface area contributed by atoms with Gasteiger partial charge < -0.3 is 63.2 Å². The van der Waals surface area contributed by atoms with E-state index in [9.17, 15) is 9.59 Å². The first-order valence-electron chi connectivity index (χ1n) is 14.0. The molecule has 0 heterocycles. The van der Waals surface area contributed by atoms with Crippen LogP contribution in [0.4, 0.5) is 0 Å². The zero-order valence-corrected chi connectivity index (χ0v) is 24.0. The number of nitrogens with two attached hydrogens (primary N) is 1. The summed E-state index contributed by atoms with van der Waals surface area (Å²) in [5.74, 6) is -0.0890. The van der Waals surface area contributed by atoms with Gasteiger partial charge in [0.2, 0.25) is 5.91 Å². The van der Waals surface area contributed by atoms with Crippen LogP contribution in [0.5, 0.6) is 0 Å². The first-order chi connectivity index (χ1) is 19.8. The Morgan fingerprint density at radius 1 is 0.475 bits per heavy atom. The Bertz CT molecular complexity index is 520. The van der Waals surface area contributed by atoms with Gasteiger partial charge in [-0.15, -0.1) is 0 Å². The zero-order chi connectivity index (χ0) is 29.0. The van der Waals surface area contributed by atoms with E-state index in [1.165, 1.54) is 0 Å². The summed E-state index contributed by atoms with van der Waals surface area (Å²) in [6.07, 6.45) is 1.51. The number of hydrogen-bond acceptors (Lipinski definition) is 13. The molecule has 0 radical (unpaired) electrons. The molecule has 0 rings (SSSR count). The molecule has 0 bridgehead atoms. The van der Waals surface area contributed by atoms with Crippen LogP contribution in [0.3, 0.4) is 0 Å². The summed E-state index contributed by atoms with van der Waals surface area (Å²) in [5.41, 5.74) is 5.32. The largest absolute Gasteiger partial charge is 0.379 e. The first-order valence-corrected chi connectivity index (χ1v) is 14.0. The van der Waals surface area contributed by atoms with E-state index in [1.807, 2.05) is 0 Å². The lowest BCUT2D eigenvalue weighted by Gasteiger charge is -2.09. The average Bonchev–Trinajstić information content (AvgIpc) is 2.96. The van der Waals surface area contributed by atoms with E-state index < -0.39 is 0 Å². The van der Waals surface area contributed by atoms with Gasteiger partial charge in [-0.3, -0.25) is 4.79 Å². The SMILES string of the molecule is NCCOCCOCCOCCOCCOCCC(=O)NCCOCCOCCOCCOCCOCCC=O. The van der Waals surface area contributed by atoms with Crippen molar-refractivity contribution in [1.29, 1.82) is 0 Å². The van der Waals surface area contributed by atoms with Crippen LogP contribution < -0.4 is 11.1 Å². The Kier molecular flexibility index (Phi) is 34.6. The normalized spacial score (nSPS) is 11.2. The second-order valence-electron chi connectivity index (χ2n) is 7.97. The molecule has 3 N–H and O–H groups in total. The smallest absolute Gasteiger partial charge is 0.222 e. The molecular formula is C26H52N2O12. The second kappa shape index (κ2) is 35.7. The highest BCUT2D eigenvalue weighted by molar-refractivity contribution is 5.75. The van der Waals surface area contributed by atoms with E-state index in [-0.39, 0.29) is 12.3 Å². The van der Waals surface area contributed by atoms with Crippen molar-refractivity contribution >= 4 is 12.2 Å². The molecule has 0 aromatic carbocycles. The number of carbonyl (C=O) groups is 2. The number of hydrogen-bond donors (Lipinski definition) is 2. The van der Waals surface area contributed by atoms with Crippen LogP contribution >= 0.6 is 0 Å². The van der Waals surface area contributed by atoms with Crippen LogP contribution in [0.25, 0.3) is 0 Å². The summed E-state index contributed by atoms with van der Waals surface area (Å²) in [6, 6.07) is 0. The van der Waals surface area contributed by atoms with Crippen LogP contribution in [0.2, 0.25) is 0 Å². The van der Waals surface area contributed by atoms with Crippen molar-refractivity contribution in [2.75, 3.05) is 145 Å². The third-order valence-electron chi connectivity index (χ3n) is 4.66. The summed E-state index contributed by atoms with van der Waals surface area (Å²) in [7, 11) is 0. The molecule has 0 unspecified atom stereocenters. The van der Waals surface area contributed by atoms with Gasteiger partial charge >= 0.3 is 0 Å². The fourth-order valence-corrected chi connectivity index (χ4v) is 2.69. The van der Waals surface area contributed by atoms with Crippen molar-refractivity contribution in [3.05, 3.63) is 0 Å². The van der Waals surface area contributed by atoms with Gasteiger partial charge in [0.05, 0.1) is 132 Å². The lowest BCUT2D eigenvalue weighted by atomic mass is 10.4. The van der Waals surface area contributed by atoms with Gasteiger partial charge in [-0.2, -0.15) is 0 Å². The Morgan fingerprint density at radius 2 is 0.800 bits per heavy atom. The van der Waals surface area contributed by atoms with Gasteiger partial charge in [0.15, 0.2) is 0 Å². The second-order valence-corrected chi connectivity index (χ2v) is 7.97. The quantitative estimate of drug-likeness (QED) is 0.0704. The lowest BCUT2D eigenvalue weighted by molar-refractivity contribution is -0.122. The van der Waals surface area contributed by atoms with E-state index in [0.29, 0.717) is 152 Å². The molecule has 0 aliphatic carbocycles. The molecular weight excluding hydrogens is 532 g/mol. The maximum atomic E-state index is 11.8. The molecule has 14 nitrogen and oxygen atoms in total. The molecule has 0 fully saturated rings. The Labute approximate surface area is 238 Å². The molecule has 0 saturated carbocycles. The lowest BCUT2D eigenvalue weighted by Crippen LogP contribution is -2.28. The van der Waals surface area contributed by atoms with Crippen molar-refractivity contribution in [2.24, 2.45) is 5.73 Å². The van der Waals surface area contributed by atoms with Crippen LogP contribution in [0.15, 0.2) is 0 Å². The predicted molar refractivity (Wildman–Crippen MR) is 146 cm³/mol. The summed E-state index contributed by atoms with van der Waals surface area (Å²) in [4.78, 5) is 21.9. The fourth-order valence-electron chi connectivity index (χ4n) is 2.69. The minimum atomic E-state index is -0.0890. The van der Waals surface area contributed by atoms with Crippen molar-refractivity contribution in [3.63, 3.8) is 0 Å². The van der Waals surface area contributed by atoms with Crippen molar-refractivity contribution in [2.45, 2.75) is 12.8 Å². The molecule has 0 aliphatic rings. The molecule has 1 amide bonds. The van der Waals surface area contributed by atoms with Crippen LogP contribution in [-0.4, -0.2) is 157 Å². The van der Waals surface area contributed by atoms with Gasteiger partial charge in [0.1, 0.15) is 6.29 Å². The molecule has 0 aromatic heterocycles. The molecule has 0 spiro atoms.